The average molecular weight is 342 g/mol. The van der Waals surface area contributed by atoms with E-state index in [-0.39, 0.29) is 18.4 Å². The van der Waals surface area contributed by atoms with Crippen molar-refractivity contribution in [3.05, 3.63) is 46.8 Å². The molecule has 134 valence electrons. The van der Waals surface area contributed by atoms with E-state index >= 15 is 0 Å². The average Bonchev–Trinajstić information content (AvgIpc) is 2.84. The molecule has 1 aromatic heterocycles. The largest absolute Gasteiger partial charge is 0.347 e. The van der Waals surface area contributed by atoms with Gasteiger partial charge in [-0.3, -0.25) is 14.3 Å². The lowest BCUT2D eigenvalue weighted by Crippen LogP contribution is -2.33. The van der Waals surface area contributed by atoms with E-state index in [1.165, 1.54) is 0 Å². The Kier molecular flexibility index (Phi) is 6.33. The second kappa shape index (κ2) is 8.46. The van der Waals surface area contributed by atoms with Crippen LogP contribution in [-0.4, -0.2) is 28.1 Å². The number of nitrogens with zero attached hydrogens (tertiary/aromatic N) is 2. The first-order chi connectivity index (χ1) is 11.9. The molecule has 0 bridgehead atoms. The summed E-state index contributed by atoms with van der Waals surface area (Å²) >= 11 is 0. The maximum absolute atomic E-state index is 12.0. The number of carbonyl (C=O) groups excluding carboxylic acids is 2. The molecule has 0 atom stereocenters. The standard InChI is InChI=1S/C19H26N4O2/c1-5-15-8-6-7-9-17(15)21-19(25)12-20-18(24)11-10-16-13(2)22-23(4)14(16)3/h6-9H,5,10-12H2,1-4H3,(H,20,24)(H,21,25). The van der Waals surface area contributed by atoms with Gasteiger partial charge in [0.25, 0.3) is 0 Å². The second-order valence-corrected chi connectivity index (χ2v) is 6.11. The van der Waals surface area contributed by atoms with Gasteiger partial charge in [0.2, 0.25) is 11.8 Å². The molecule has 0 aliphatic rings. The number of amides is 2. The van der Waals surface area contributed by atoms with Crippen LogP contribution in [0.4, 0.5) is 5.69 Å². The Bertz CT molecular complexity index is 765. The van der Waals surface area contributed by atoms with Gasteiger partial charge in [0, 0.05) is 24.8 Å². The summed E-state index contributed by atoms with van der Waals surface area (Å²) in [6.45, 7) is 5.95. The summed E-state index contributed by atoms with van der Waals surface area (Å²) < 4.78 is 1.82. The van der Waals surface area contributed by atoms with E-state index in [0.29, 0.717) is 12.8 Å². The van der Waals surface area contributed by atoms with Gasteiger partial charge in [-0.05, 0) is 43.9 Å². The summed E-state index contributed by atoms with van der Waals surface area (Å²) in [6.07, 6.45) is 1.80. The summed E-state index contributed by atoms with van der Waals surface area (Å²) in [5.41, 5.74) is 4.98. The summed E-state index contributed by atoms with van der Waals surface area (Å²) in [7, 11) is 1.89. The molecule has 0 unspecified atom stereocenters. The van der Waals surface area contributed by atoms with Gasteiger partial charge in [0.05, 0.1) is 12.2 Å². The minimum absolute atomic E-state index is 0.0259. The van der Waals surface area contributed by atoms with Crippen LogP contribution in [0.5, 0.6) is 0 Å². The minimum atomic E-state index is -0.219. The molecule has 0 aliphatic carbocycles. The fourth-order valence-corrected chi connectivity index (χ4v) is 2.83. The number of para-hydroxylation sites is 1. The zero-order valence-electron chi connectivity index (χ0n) is 15.3. The molecule has 2 rings (SSSR count). The van der Waals surface area contributed by atoms with Crippen molar-refractivity contribution in [3.8, 4) is 0 Å². The van der Waals surface area contributed by atoms with E-state index in [1.54, 1.807) is 0 Å². The first kappa shape index (κ1) is 18.7. The van der Waals surface area contributed by atoms with Crippen LogP contribution in [0.25, 0.3) is 0 Å². The monoisotopic (exact) mass is 342 g/mol. The Labute approximate surface area is 148 Å². The third-order valence-corrected chi connectivity index (χ3v) is 4.38. The number of rotatable bonds is 7. The first-order valence-electron chi connectivity index (χ1n) is 8.55. The van der Waals surface area contributed by atoms with Crippen LogP contribution < -0.4 is 10.6 Å². The highest BCUT2D eigenvalue weighted by Gasteiger charge is 2.12. The second-order valence-electron chi connectivity index (χ2n) is 6.11. The number of anilines is 1. The van der Waals surface area contributed by atoms with E-state index in [0.717, 1.165) is 34.6 Å². The van der Waals surface area contributed by atoms with E-state index in [2.05, 4.69) is 15.7 Å². The predicted octanol–water partition coefficient (Wildman–Crippen LogP) is 2.29. The molecule has 6 nitrogen and oxygen atoms in total. The molecular formula is C19H26N4O2. The molecule has 1 aromatic carbocycles. The lowest BCUT2D eigenvalue weighted by atomic mass is 10.1. The maximum atomic E-state index is 12.0. The summed E-state index contributed by atoms with van der Waals surface area (Å²) in [4.78, 5) is 24.0. The molecular weight excluding hydrogens is 316 g/mol. The predicted molar refractivity (Wildman–Crippen MR) is 98.5 cm³/mol. The van der Waals surface area contributed by atoms with Gasteiger partial charge in [-0.2, -0.15) is 5.10 Å². The molecule has 2 aromatic rings. The lowest BCUT2D eigenvalue weighted by Gasteiger charge is -2.10. The fraction of sp³-hybridized carbons (Fsp3) is 0.421. The number of aryl methyl sites for hydroxylation is 3. The van der Waals surface area contributed by atoms with Crippen LogP contribution in [0.15, 0.2) is 24.3 Å². The van der Waals surface area contributed by atoms with Gasteiger partial charge in [-0.25, -0.2) is 0 Å². The van der Waals surface area contributed by atoms with Crippen LogP contribution in [-0.2, 0) is 29.5 Å². The number of carbonyl (C=O) groups is 2. The normalized spacial score (nSPS) is 10.6. The summed E-state index contributed by atoms with van der Waals surface area (Å²) in [6, 6.07) is 7.67. The molecule has 2 amide bonds. The van der Waals surface area contributed by atoms with Crippen molar-refractivity contribution in [1.82, 2.24) is 15.1 Å². The van der Waals surface area contributed by atoms with Crippen molar-refractivity contribution in [1.29, 1.82) is 0 Å². The number of hydrogen-bond acceptors (Lipinski definition) is 3. The quantitative estimate of drug-likeness (QED) is 0.810. The Morgan fingerprint density at radius 2 is 1.88 bits per heavy atom. The SMILES string of the molecule is CCc1ccccc1NC(=O)CNC(=O)CCc1c(C)nn(C)c1C. The van der Waals surface area contributed by atoms with Gasteiger partial charge >= 0.3 is 0 Å². The highest BCUT2D eigenvalue weighted by molar-refractivity contribution is 5.95. The molecule has 1 heterocycles. The van der Waals surface area contributed by atoms with Crippen LogP contribution >= 0.6 is 0 Å². The van der Waals surface area contributed by atoms with Crippen molar-refractivity contribution < 1.29 is 9.59 Å². The number of nitrogens with one attached hydrogen (secondary N) is 2. The summed E-state index contributed by atoms with van der Waals surface area (Å²) in [5.74, 6) is -0.357. The van der Waals surface area contributed by atoms with E-state index in [4.69, 9.17) is 0 Å². The Morgan fingerprint density at radius 3 is 2.52 bits per heavy atom. The topological polar surface area (TPSA) is 76.0 Å². The molecule has 0 saturated heterocycles. The van der Waals surface area contributed by atoms with E-state index in [1.807, 2.05) is 56.8 Å². The van der Waals surface area contributed by atoms with Crippen molar-refractivity contribution in [2.45, 2.75) is 40.0 Å². The van der Waals surface area contributed by atoms with Crippen molar-refractivity contribution in [2.24, 2.45) is 7.05 Å². The smallest absolute Gasteiger partial charge is 0.243 e. The molecule has 0 saturated carbocycles. The molecule has 0 spiro atoms. The van der Waals surface area contributed by atoms with Crippen molar-refractivity contribution in [3.63, 3.8) is 0 Å². The lowest BCUT2D eigenvalue weighted by molar-refractivity contribution is -0.124. The third kappa shape index (κ3) is 4.92. The number of hydrogen-bond donors (Lipinski definition) is 2. The van der Waals surface area contributed by atoms with Crippen molar-refractivity contribution in [2.75, 3.05) is 11.9 Å². The van der Waals surface area contributed by atoms with Gasteiger partial charge in [0.1, 0.15) is 0 Å². The van der Waals surface area contributed by atoms with E-state index < -0.39 is 0 Å². The third-order valence-electron chi connectivity index (χ3n) is 4.38. The van der Waals surface area contributed by atoms with Gasteiger partial charge in [-0.1, -0.05) is 25.1 Å². The van der Waals surface area contributed by atoms with Gasteiger partial charge in [0.15, 0.2) is 0 Å². The Hall–Kier alpha value is -2.63. The fourth-order valence-electron chi connectivity index (χ4n) is 2.83. The number of aromatic nitrogens is 2. The Balaban J connectivity index is 1.80. The van der Waals surface area contributed by atoms with Crippen LogP contribution in [0.3, 0.4) is 0 Å². The van der Waals surface area contributed by atoms with Gasteiger partial charge < -0.3 is 10.6 Å². The van der Waals surface area contributed by atoms with Crippen molar-refractivity contribution >= 4 is 17.5 Å². The molecule has 0 fully saturated rings. The molecule has 0 aliphatic heterocycles. The number of benzene rings is 1. The van der Waals surface area contributed by atoms with Crippen LogP contribution in [0.2, 0.25) is 0 Å². The molecule has 0 radical (unpaired) electrons. The maximum Gasteiger partial charge on any atom is 0.243 e. The molecule has 6 heteroatoms. The van der Waals surface area contributed by atoms with Crippen LogP contribution in [0, 0.1) is 13.8 Å². The van der Waals surface area contributed by atoms with E-state index in [9.17, 15) is 9.59 Å². The summed E-state index contributed by atoms with van der Waals surface area (Å²) in [5, 5.41) is 9.87. The zero-order valence-corrected chi connectivity index (χ0v) is 15.3. The highest BCUT2D eigenvalue weighted by Crippen LogP contribution is 2.15. The zero-order chi connectivity index (χ0) is 18.4. The molecule has 25 heavy (non-hydrogen) atoms. The van der Waals surface area contributed by atoms with Gasteiger partial charge in [-0.15, -0.1) is 0 Å². The highest BCUT2D eigenvalue weighted by atomic mass is 16.2. The Morgan fingerprint density at radius 1 is 1.16 bits per heavy atom. The molecule has 2 N–H and O–H groups in total. The minimum Gasteiger partial charge on any atom is -0.347 e. The first-order valence-corrected chi connectivity index (χ1v) is 8.55. The van der Waals surface area contributed by atoms with Crippen LogP contribution in [0.1, 0.15) is 35.9 Å².